The second-order valence-corrected chi connectivity index (χ2v) is 7.93. The van der Waals surface area contributed by atoms with Crippen LogP contribution in [0.3, 0.4) is 0 Å². The maximum Gasteiger partial charge on any atom is 0.258 e. The Morgan fingerprint density at radius 3 is 2.21 bits per heavy atom. The number of hydrogen-bond donors (Lipinski definition) is 1. The molecule has 0 aliphatic heterocycles. The summed E-state index contributed by atoms with van der Waals surface area (Å²) < 4.78 is 16.4. The number of benzene rings is 3. The van der Waals surface area contributed by atoms with Gasteiger partial charge in [-0.15, -0.1) is 0 Å². The molecule has 0 unspecified atom stereocenters. The second kappa shape index (κ2) is 13.5. The van der Waals surface area contributed by atoms with E-state index in [9.17, 15) is 9.59 Å². The van der Waals surface area contributed by atoms with Crippen molar-refractivity contribution >= 4 is 23.3 Å². The molecule has 0 bridgehead atoms. The van der Waals surface area contributed by atoms with Crippen molar-refractivity contribution in [2.45, 2.75) is 20.1 Å². The summed E-state index contributed by atoms with van der Waals surface area (Å²) in [7, 11) is 0. The van der Waals surface area contributed by atoms with Crippen LogP contribution in [-0.4, -0.2) is 38.1 Å². The van der Waals surface area contributed by atoms with Gasteiger partial charge in [0.1, 0.15) is 5.75 Å². The first-order valence-corrected chi connectivity index (χ1v) is 11.5. The van der Waals surface area contributed by atoms with E-state index in [1.54, 1.807) is 48.5 Å². The molecule has 178 valence electrons. The van der Waals surface area contributed by atoms with Gasteiger partial charge >= 0.3 is 0 Å². The van der Waals surface area contributed by atoms with Gasteiger partial charge in [-0.2, -0.15) is 0 Å². The Hall–Kier alpha value is -3.19. The first-order valence-electron chi connectivity index (χ1n) is 11.1. The minimum absolute atomic E-state index is 0.108. The average molecular weight is 482 g/mol. The molecule has 3 aromatic carbocycles. The largest absolute Gasteiger partial charge is 0.484 e. The normalized spacial score (nSPS) is 10.6. The number of amides is 1. The predicted molar refractivity (Wildman–Crippen MR) is 131 cm³/mol. The number of nitrogens with one attached hydrogen (secondary N) is 1. The fourth-order valence-corrected chi connectivity index (χ4v) is 3.28. The highest BCUT2D eigenvalue weighted by molar-refractivity contribution is 6.30. The molecule has 3 aromatic rings. The van der Waals surface area contributed by atoms with Crippen molar-refractivity contribution in [1.29, 1.82) is 0 Å². The van der Waals surface area contributed by atoms with Gasteiger partial charge in [-0.25, -0.2) is 0 Å². The summed E-state index contributed by atoms with van der Waals surface area (Å²) in [6, 6.07) is 21.3. The van der Waals surface area contributed by atoms with Crippen LogP contribution in [0.2, 0.25) is 5.02 Å². The molecule has 0 radical (unpaired) electrons. The molecule has 0 aliphatic carbocycles. The first-order chi connectivity index (χ1) is 16.5. The van der Waals surface area contributed by atoms with Crippen molar-refractivity contribution < 1.29 is 23.8 Å². The van der Waals surface area contributed by atoms with Crippen molar-refractivity contribution in [3.05, 3.63) is 100 Å². The Bertz CT molecular complexity index is 1070. The van der Waals surface area contributed by atoms with Crippen molar-refractivity contribution in [3.63, 3.8) is 0 Å². The highest BCUT2D eigenvalue weighted by atomic mass is 35.5. The van der Waals surface area contributed by atoms with E-state index in [0.29, 0.717) is 54.9 Å². The number of rotatable bonds is 13. The van der Waals surface area contributed by atoms with Crippen molar-refractivity contribution in [2.24, 2.45) is 0 Å². The number of carbonyl (C=O) groups excluding carboxylic acids is 2. The third-order valence-electron chi connectivity index (χ3n) is 4.92. The van der Waals surface area contributed by atoms with Crippen LogP contribution in [0.1, 0.15) is 34.0 Å². The zero-order chi connectivity index (χ0) is 24.2. The van der Waals surface area contributed by atoms with Crippen LogP contribution in [0.5, 0.6) is 5.75 Å². The van der Waals surface area contributed by atoms with E-state index in [2.05, 4.69) is 5.32 Å². The van der Waals surface area contributed by atoms with Crippen LogP contribution in [0, 0.1) is 0 Å². The molecule has 7 heteroatoms. The van der Waals surface area contributed by atoms with E-state index in [-0.39, 0.29) is 18.3 Å². The molecule has 0 aliphatic rings. The van der Waals surface area contributed by atoms with E-state index in [1.165, 1.54) is 0 Å². The summed E-state index contributed by atoms with van der Waals surface area (Å²) in [5, 5.41) is 3.42. The van der Waals surface area contributed by atoms with Gasteiger partial charge in [0, 0.05) is 29.3 Å². The average Bonchev–Trinajstić information content (AvgIpc) is 2.87. The lowest BCUT2D eigenvalue weighted by Gasteiger charge is -2.10. The van der Waals surface area contributed by atoms with Crippen molar-refractivity contribution in [2.75, 3.05) is 26.4 Å². The summed E-state index contributed by atoms with van der Waals surface area (Å²) in [5.41, 5.74) is 3.09. The Morgan fingerprint density at radius 2 is 1.50 bits per heavy atom. The molecular weight excluding hydrogens is 454 g/mol. The van der Waals surface area contributed by atoms with Crippen LogP contribution in [0.25, 0.3) is 0 Å². The molecule has 0 heterocycles. The lowest BCUT2D eigenvalue weighted by Crippen LogP contribution is -2.28. The molecular formula is C27H28ClNO5. The van der Waals surface area contributed by atoms with Crippen molar-refractivity contribution in [1.82, 2.24) is 5.32 Å². The number of ether oxygens (including phenoxy) is 3. The zero-order valence-corrected chi connectivity index (χ0v) is 19.8. The maximum absolute atomic E-state index is 12.5. The van der Waals surface area contributed by atoms with E-state index < -0.39 is 0 Å². The van der Waals surface area contributed by atoms with Crippen LogP contribution in [-0.2, 0) is 27.4 Å². The van der Waals surface area contributed by atoms with Gasteiger partial charge in [0.15, 0.2) is 12.4 Å². The van der Waals surface area contributed by atoms with E-state index in [1.807, 2.05) is 31.2 Å². The van der Waals surface area contributed by atoms with Gasteiger partial charge in [-0.05, 0) is 66.6 Å². The summed E-state index contributed by atoms with van der Waals surface area (Å²) in [5.74, 6) is 0.163. The summed E-state index contributed by atoms with van der Waals surface area (Å²) in [6.07, 6.45) is 0. The van der Waals surface area contributed by atoms with Gasteiger partial charge in [0.2, 0.25) is 0 Å². The molecule has 0 saturated heterocycles. The third-order valence-corrected chi connectivity index (χ3v) is 5.17. The van der Waals surface area contributed by atoms with Gasteiger partial charge in [0.25, 0.3) is 5.91 Å². The van der Waals surface area contributed by atoms with E-state index >= 15 is 0 Å². The highest BCUT2D eigenvalue weighted by Crippen LogP contribution is 2.17. The van der Waals surface area contributed by atoms with Crippen LogP contribution in [0.15, 0.2) is 72.8 Å². The van der Waals surface area contributed by atoms with Gasteiger partial charge in [-0.3, -0.25) is 9.59 Å². The maximum atomic E-state index is 12.5. The molecule has 0 aromatic heterocycles. The minimum atomic E-state index is -0.236. The fourth-order valence-electron chi connectivity index (χ4n) is 3.15. The van der Waals surface area contributed by atoms with Gasteiger partial charge in [-0.1, -0.05) is 35.9 Å². The summed E-state index contributed by atoms with van der Waals surface area (Å²) in [4.78, 5) is 24.7. The lowest BCUT2D eigenvalue weighted by molar-refractivity contribution is -0.123. The molecule has 0 spiro atoms. The molecule has 1 amide bonds. The summed E-state index contributed by atoms with van der Waals surface area (Å²) in [6.45, 7) is 4.52. The van der Waals surface area contributed by atoms with Crippen molar-refractivity contribution in [3.8, 4) is 5.75 Å². The summed E-state index contributed by atoms with van der Waals surface area (Å²) >= 11 is 5.87. The number of halogens is 1. The smallest absolute Gasteiger partial charge is 0.258 e. The topological polar surface area (TPSA) is 73.9 Å². The van der Waals surface area contributed by atoms with Gasteiger partial charge < -0.3 is 19.5 Å². The first kappa shape index (κ1) is 25.4. The quantitative estimate of drug-likeness (QED) is 0.280. The van der Waals surface area contributed by atoms with E-state index in [0.717, 1.165) is 11.1 Å². The Balaban J connectivity index is 1.41. The molecule has 34 heavy (non-hydrogen) atoms. The molecule has 6 nitrogen and oxygen atoms in total. The Labute approximate surface area is 204 Å². The van der Waals surface area contributed by atoms with E-state index in [4.69, 9.17) is 25.8 Å². The molecule has 1 N–H and O–H groups in total. The molecule has 0 saturated carbocycles. The van der Waals surface area contributed by atoms with Crippen LogP contribution in [0.4, 0.5) is 0 Å². The SMILES string of the molecule is CCOCCOCc1cccc(CNC(=O)COc2ccc(C(=O)c3ccc(Cl)cc3)cc2)c1. The predicted octanol–water partition coefficient (Wildman–Crippen LogP) is 4.82. The number of ketones is 1. The van der Waals surface area contributed by atoms with Crippen LogP contribution < -0.4 is 10.1 Å². The number of hydrogen-bond acceptors (Lipinski definition) is 5. The highest BCUT2D eigenvalue weighted by Gasteiger charge is 2.10. The zero-order valence-electron chi connectivity index (χ0n) is 19.1. The monoisotopic (exact) mass is 481 g/mol. The van der Waals surface area contributed by atoms with Crippen LogP contribution >= 0.6 is 11.6 Å². The third kappa shape index (κ3) is 8.30. The second-order valence-electron chi connectivity index (χ2n) is 7.50. The molecule has 3 rings (SSSR count). The lowest BCUT2D eigenvalue weighted by atomic mass is 10.0. The Kier molecular flexibility index (Phi) is 10.1. The molecule has 0 fully saturated rings. The Morgan fingerprint density at radius 1 is 0.853 bits per heavy atom. The standard InChI is InChI=1S/C27H28ClNO5/c1-2-32-14-15-33-18-21-5-3-4-20(16-21)17-29-26(30)19-34-25-12-8-23(9-13-25)27(31)22-6-10-24(28)11-7-22/h3-13,16H,2,14-15,17-19H2,1H3,(H,29,30). The fraction of sp³-hybridized carbons (Fsp3) is 0.259. The van der Waals surface area contributed by atoms with Gasteiger partial charge in [0.05, 0.1) is 19.8 Å². The molecule has 0 atom stereocenters. The number of carbonyl (C=O) groups is 2. The minimum Gasteiger partial charge on any atom is -0.484 e.